The van der Waals surface area contributed by atoms with Gasteiger partial charge in [-0.15, -0.1) is 57.9 Å². The molecule has 8 aromatic rings. The van der Waals surface area contributed by atoms with E-state index in [-0.39, 0.29) is 35.6 Å². The molecule has 0 spiro atoms. The van der Waals surface area contributed by atoms with Gasteiger partial charge in [-0.25, -0.2) is 0 Å². The average molecular weight is 899 g/mol. The number of aryl methyl sites for hydroxylation is 2. The molecule has 0 bridgehead atoms. The van der Waals surface area contributed by atoms with Gasteiger partial charge in [0.2, 0.25) is 0 Å². The molecule has 59 heavy (non-hydrogen) atoms. The molecule has 304 valence electrons. The molecular weight excluding hydrogens is 843 g/mol. The molecule has 6 aromatic carbocycles. The summed E-state index contributed by atoms with van der Waals surface area (Å²) in [6, 6.07) is 43.3. The van der Waals surface area contributed by atoms with Crippen molar-refractivity contribution in [2.45, 2.75) is 99.3 Å². The van der Waals surface area contributed by atoms with Crippen LogP contribution in [-0.2, 0) is 35.1 Å². The molecular formula is C54H56Cl2O2Zr-2. The monoisotopic (exact) mass is 896 g/mol. The number of hydrogen-bond donors (Lipinski definition) is 0. The van der Waals surface area contributed by atoms with Gasteiger partial charge in [-0.05, 0) is 74.2 Å². The predicted molar refractivity (Wildman–Crippen MR) is 241 cm³/mol. The van der Waals surface area contributed by atoms with Crippen LogP contribution in [0.4, 0.5) is 0 Å². The number of furan rings is 2. The van der Waals surface area contributed by atoms with Crippen LogP contribution in [-0.4, -0.2) is 3.21 Å². The fourth-order valence-corrected chi connectivity index (χ4v) is 8.46. The Morgan fingerprint density at radius 1 is 0.508 bits per heavy atom. The topological polar surface area (TPSA) is 26.3 Å². The Hall–Kier alpha value is -4.01. The third-order valence-electron chi connectivity index (χ3n) is 11.4. The number of benzene rings is 4. The van der Waals surface area contributed by atoms with Gasteiger partial charge in [0.15, 0.2) is 0 Å². The maximum absolute atomic E-state index is 6.17. The third kappa shape index (κ3) is 10.1. The number of hydrogen-bond acceptors (Lipinski definition) is 2. The van der Waals surface area contributed by atoms with E-state index in [1.165, 1.54) is 85.3 Å². The van der Waals surface area contributed by atoms with Crippen molar-refractivity contribution in [2.24, 2.45) is 0 Å². The summed E-state index contributed by atoms with van der Waals surface area (Å²) in [4.78, 5) is 0. The Morgan fingerprint density at radius 2 is 0.864 bits per heavy atom. The molecule has 0 N–H and O–H groups in total. The second-order valence-electron chi connectivity index (χ2n) is 17.9. The molecule has 9 rings (SSSR count). The van der Waals surface area contributed by atoms with Crippen molar-refractivity contribution < 1.29 is 57.9 Å². The second-order valence-corrected chi connectivity index (χ2v) is 19.6. The third-order valence-corrected chi connectivity index (χ3v) is 12.6. The van der Waals surface area contributed by atoms with Gasteiger partial charge in [-0.3, -0.25) is 0 Å². The first-order chi connectivity index (χ1) is 27.1. The molecule has 1 fully saturated rings. The SMILES string of the molecule is Cc1cc2[cH-]c(-c3ccc(C(C)(C)C)o3)cc2c(-c2ccccc2)c1C.Cc1cc2[cH-]c(-c3ccc(C(C)(C)C)o3)cc2c(-c2ccccc2)c1C.[Cl-].[Cl-].[Zr+2]=[C]1CCC1. The zero-order valence-electron chi connectivity index (χ0n) is 36.2. The zero-order valence-corrected chi connectivity index (χ0v) is 40.2. The van der Waals surface area contributed by atoms with Gasteiger partial charge in [-0.2, -0.15) is 0 Å². The molecule has 1 saturated carbocycles. The van der Waals surface area contributed by atoms with Gasteiger partial charge in [0.1, 0.15) is 0 Å². The molecule has 5 heteroatoms. The minimum absolute atomic E-state index is 0. The first-order valence-corrected chi connectivity index (χ1v) is 21.6. The quantitative estimate of drug-likeness (QED) is 0.165. The summed E-state index contributed by atoms with van der Waals surface area (Å²) < 4.78 is 14.1. The van der Waals surface area contributed by atoms with E-state index in [1.807, 2.05) is 0 Å². The van der Waals surface area contributed by atoms with Crippen LogP contribution in [0.25, 0.3) is 66.4 Å². The number of fused-ring (bicyclic) bond motifs is 2. The fourth-order valence-electron chi connectivity index (χ4n) is 7.59. The summed E-state index contributed by atoms with van der Waals surface area (Å²) in [5, 5.41) is 5.14. The molecule has 0 amide bonds. The molecule has 0 aliphatic heterocycles. The minimum atomic E-state index is 0. The molecule has 1 aliphatic carbocycles. The van der Waals surface area contributed by atoms with Crippen LogP contribution in [0.15, 0.2) is 130 Å². The van der Waals surface area contributed by atoms with E-state index in [4.69, 9.17) is 8.83 Å². The van der Waals surface area contributed by atoms with Gasteiger partial charge in [0.05, 0.1) is 23.0 Å². The van der Waals surface area contributed by atoms with E-state index in [9.17, 15) is 0 Å². The van der Waals surface area contributed by atoms with E-state index in [0.717, 1.165) is 34.2 Å². The van der Waals surface area contributed by atoms with E-state index < -0.39 is 0 Å². The van der Waals surface area contributed by atoms with Crippen molar-refractivity contribution in [3.05, 3.63) is 155 Å². The van der Waals surface area contributed by atoms with Crippen LogP contribution in [0.5, 0.6) is 0 Å². The summed E-state index contributed by atoms with van der Waals surface area (Å²) in [5.74, 6) is 3.93. The molecule has 0 atom stereocenters. The summed E-state index contributed by atoms with van der Waals surface area (Å²) in [6.07, 6.45) is 4.36. The summed E-state index contributed by atoms with van der Waals surface area (Å²) in [6.45, 7) is 21.9. The van der Waals surface area contributed by atoms with Crippen LogP contribution in [0.2, 0.25) is 0 Å². The summed E-state index contributed by atoms with van der Waals surface area (Å²) >= 11 is 1.67. The second kappa shape index (κ2) is 18.7. The molecule has 0 radical (unpaired) electrons. The Bertz CT molecular complexity index is 2490. The number of rotatable bonds is 4. The Morgan fingerprint density at radius 3 is 1.15 bits per heavy atom. The molecule has 2 heterocycles. The molecule has 1 aliphatic rings. The normalized spacial score (nSPS) is 12.5. The molecule has 0 saturated heterocycles. The van der Waals surface area contributed by atoms with Gasteiger partial charge >= 0.3 is 46.7 Å². The van der Waals surface area contributed by atoms with Gasteiger partial charge in [-0.1, -0.05) is 136 Å². The first kappa shape index (κ1) is 46.1. The van der Waals surface area contributed by atoms with Crippen LogP contribution in [0, 0.1) is 27.7 Å². The van der Waals surface area contributed by atoms with E-state index in [1.54, 1.807) is 27.4 Å². The molecule has 2 aromatic heterocycles. The van der Waals surface area contributed by atoms with E-state index in [0.29, 0.717) is 0 Å². The standard InChI is InChI=1S/2C25H25O.C4H6.2ClH.Zr/c2*1-16-13-19-14-20(22-11-12-23(26-22)25(3,4)5)15-21(19)24(17(16)2)18-9-7-6-8-10-18;1-2-4-3-1;;;/h2*6-15H,1-5H3;1-3H2;2*1H;/q2*-1;;;;+2/p-2. The van der Waals surface area contributed by atoms with Gasteiger partial charge in [0.25, 0.3) is 0 Å². The number of halogens is 2. The van der Waals surface area contributed by atoms with Crippen LogP contribution in [0.3, 0.4) is 0 Å². The van der Waals surface area contributed by atoms with Crippen LogP contribution in [0.1, 0.15) is 94.6 Å². The van der Waals surface area contributed by atoms with Crippen molar-refractivity contribution in [1.29, 1.82) is 0 Å². The van der Waals surface area contributed by atoms with Crippen LogP contribution >= 0.6 is 0 Å². The molecule has 2 nitrogen and oxygen atoms in total. The summed E-state index contributed by atoms with van der Waals surface area (Å²) in [7, 11) is 0. The van der Waals surface area contributed by atoms with Gasteiger partial charge in [0, 0.05) is 10.8 Å². The predicted octanol–water partition coefficient (Wildman–Crippen LogP) is 9.70. The Labute approximate surface area is 379 Å². The fraction of sp³-hybridized carbons (Fsp3) is 0.278. The maximum atomic E-state index is 6.17. The molecule has 0 unspecified atom stereocenters. The Kier molecular flexibility index (Phi) is 14.6. The Balaban J connectivity index is 0.000000194. The average Bonchev–Trinajstić information content (AvgIpc) is 3.99. The van der Waals surface area contributed by atoms with Gasteiger partial charge < -0.3 is 33.6 Å². The van der Waals surface area contributed by atoms with E-state index in [2.05, 4.69) is 191 Å². The van der Waals surface area contributed by atoms with E-state index >= 15 is 0 Å². The summed E-state index contributed by atoms with van der Waals surface area (Å²) in [5.41, 5.74) is 12.9. The van der Waals surface area contributed by atoms with Crippen molar-refractivity contribution in [3.8, 4) is 44.9 Å². The van der Waals surface area contributed by atoms with Crippen molar-refractivity contribution in [3.63, 3.8) is 0 Å². The zero-order chi connectivity index (χ0) is 40.6. The first-order valence-electron chi connectivity index (χ1n) is 20.4. The van der Waals surface area contributed by atoms with Crippen molar-refractivity contribution in [2.75, 3.05) is 0 Å². The van der Waals surface area contributed by atoms with Crippen LogP contribution < -0.4 is 24.8 Å². The van der Waals surface area contributed by atoms with Crippen molar-refractivity contribution >= 4 is 24.8 Å². The van der Waals surface area contributed by atoms with Crippen molar-refractivity contribution in [1.82, 2.24) is 0 Å².